The van der Waals surface area contributed by atoms with Gasteiger partial charge in [-0.05, 0) is 17.7 Å². The van der Waals surface area contributed by atoms with Crippen LogP contribution in [0.2, 0.25) is 10.0 Å². The normalized spacial score (nSPS) is 11.1. The van der Waals surface area contributed by atoms with Crippen LogP contribution in [0.4, 0.5) is 4.79 Å². The lowest BCUT2D eigenvalue weighted by Gasteiger charge is -2.14. The van der Waals surface area contributed by atoms with Crippen LogP contribution in [-0.4, -0.2) is 47.6 Å². The number of aliphatic carboxylic acids is 1. The summed E-state index contributed by atoms with van der Waals surface area (Å²) in [6.45, 7) is 0.434. The Kier molecular flexibility index (Phi) is 8.49. The van der Waals surface area contributed by atoms with E-state index in [0.717, 1.165) is 6.92 Å². The van der Waals surface area contributed by atoms with Crippen molar-refractivity contribution in [3.63, 3.8) is 0 Å². The van der Waals surface area contributed by atoms with Crippen molar-refractivity contribution in [2.24, 2.45) is 0 Å². The predicted molar refractivity (Wildman–Crippen MR) is 95.8 cm³/mol. The number of carboxylic acids is 1. The Bertz CT molecular complexity index is 750. The van der Waals surface area contributed by atoms with E-state index in [4.69, 9.17) is 33.7 Å². The standard InChI is InChI=1S/C15H16Cl2N4O6/c1-7(22)19-11(13(24)25)6-27-15(26)21-14(18)20-12(23)5-8-9(16)3-2-4-10(8)17/h2-4,11H,5-6H2,1H3,(H,19,22)(H,24,25)(H3,18,20,21,23,26)/t11-/m0/s1. The van der Waals surface area contributed by atoms with Crippen molar-refractivity contribution in [1.29, 1.82) is 5.41 Å². The minimum absolute atomic E-state index is 0.235. The Morgan fingerprint density at radius 1 is 1.19 bits per heavy atom. The lowest BCUT2D eigenvalue weighted by atomic mass is 10.1. The summed E-state index contributed by atoms with van der Waals surface area (Å²) in [5.74, 6) is -3.39. The number of nitrogens with one attached hydrogen (secondary N) is 4. The second kappa shape index (κ2) is 10.3. The number of hydrogen-bond acceptors (Lipinski definition) is 6. The molecule has 0 unspecified atom stereocenters. The van der Waals surface area contributed by atoms with Crippen molar-refractivity contribution in [3.8, 4) is 0 Å². The molecule has 0 spiro atoms. The van der Waals surface area contributed by atoms with Gasteiger partial charge < -0.3 is 15.2 Å². The van der Waals surface area contributed by atoms with E-state index in [1.165, 1.54) is 0 Å². The Labute approximate surface area is 163 Å². The van der Waals surface area contributed by atoms with Gasteiger partial charge in [-0.2, -0.15) is 0 Å². The molecular weight excluding hydrogens is 403 g/mol. The van der Waals surface area contributed by atoms with Gasteiger partial charge in [0.2, 0.25) is 17.8 Å². The van der Waals surface area contributed by atoms with Gasteiger partial charge in [0, 0.05) is 17.0 Å². The van der Waals surface area contributed by atoms with Gasteiger partial charge >= 0.3 is 12.1 Å². The fourth-order valence-corrected chi connectivity index (χ4v) is 2.32. The van der Waals surface area contributed by atoms with Crippen LogP contribution in [0.1, 0.15) is 12.5 Å². The van der Waals surface area contributed by atoms with Crippen LogP contribution in [0.25, 0.3) is 0 Å². The first-order valence-electron chi connectivity index (χ1n) is 7.35. The summed E-state index contributed by atoms with van der Waals surface area (Å²) in [5, 5.41) is 23.0. The molecule has 0 aliphatic rings. The third-order valence-corrected chi connectivity index (χ3v) is 3.66. The number of hydrogen-bond donors (Lipinski definition) is 5. The van der Waals surface area contributed by atoms with Crippen molar-refractivity contribution in [3.05, 3.63) is 33.8 Å². The highest BCUT2D eigenvalue weighted by atomic mass is 35.5. The molecule has 0 fully saturated rings. The number of carboxylic acid groups (broad SMARTS) is 1. The van der Waals surface area contributed by atoms with E-state index in [0.29, 0.717) is 5.56 Å². The lowest BCUT2D eigenvalue weighted by molar-refractivity contribution is -0.142. The number of ether oxygens (including phenoxy) is 1. The lowest BCUT2D eigenvalue weighted by Crippen LogP contribution is -2.47. The maximum Gasteiger partial charge on any atom is 0.414 e. The van der Waals surface area contributed by atoms with Gasteiger partial charge in [0.15, 0.2) is 6.04 Å². The van der Waals surface area contributed by atoms with Crippen LogP contribution < -0.4 is 16.0 Å². The Morgan fingerprint density at radius 3 is 2.30 bits per heavy atom. The van der Waals surface area contributed by atoms with E-state index in [1.807, 2.05) is 5.32 Å². The zero-order chi connectivity index (χ0) is 20.6. The molecule has 1 atom stereocenters. The minimum atomic E-state index is -1.45. The molecule has 0 saturated heterocycles. The fraction of sp³-hybridized carbons (Fsp3) is 0.267. The molecule has 0 heterocycles. The summed E-state index contributed by atoms with van der Waals surface area (Å²) in [6, 6.07) is 3.26. The number of benzene rings is 1. The Balaban J connectivity index is 2.49. The number of guanidine groups is 1. The minimum Gasteiger partial charge on any atom is -0.480 e. The molecule has 12 heteroatoms. The fourth-order valence-electron chi connectivity index (χ4n) is 1.79. The average Bonchev–Trinajstić information content (AvgIpc) is 2.54. The van der Waals surface area contributed by atoms with E-state index in [-0.39, 0.29) is 16.5 Å². The molecule has 0 aromatic heterocycles. The highest BCUT2D eigenvalue weighted by molar-refractivity contribution is 6.36. The van der Waals surface area contributed by atoms with Crippen LogP contribution in [0.15, 0.2) is 18.2 Å². The largest absolute Gasteiger partial charge is 0.480 e. The number of alkyl carbamates (subject to hydrolysis) is 1. The number of halogens is 2. The molecule has 0 aliphatic heterocycles. The van der Waals surface area contributed by atoms with Gasteiger partial charge in [-0.15, -0.1) is 0 Å². The summed E-state index contributed by atoms with van der Waals surface area (Å²) in [4.78, 5) is 45.2. The molecule has 0 radical (unpaired) electrons. The second-order valence-electron chi connectivity index (χ2n) is 5.11. The smallest absolute Gasteiger partial charge is 0.414 e. The number of rotatable bonds is 6. The quantitative estimate of drug-likeness (QED) is 0.341. The molecule has 27 heavy (non-hydrogen) atoms. The first-order valence-corrected chi connectivity index (χ1v) is 8.10. The number of carbonyl (C=O) groups is 4. The van der Waals surface area contributed by atoms with Crippen molar-refractivity contribution in [1.82, 2.24) is 16.0 Å². The van der Waals surface area contributed by atoms with Crippen LogP contribution >= 0.6 is 23.2 Å². The Morgan fingerprint density at radius 2 is 1.78 bits per heavy atom. The van der Waals surface area contributed by atoms with Gasteiger partial charge in [-0.3, -0.25) is 25.6 Å². The summed E-state index contributed by atoms with van der Waals surface area (Å²) in [6.07, 6.45) is -1.42. The van der Waals surface area contributed by atoms with Crippen molar-refractivity contribution in [2.45, 2.75) is 19.4 Å². The summed E-state index contributed by atoms with van der Waals surface area (Å²) in [5.41, 5.74) is 0.355. The summed E-state index contributed by atoms with van der Waals surface area (Å²) in [7, 11) is 0. The monoisotopic (exact) mass is 418 g/mol. The molecular formula is C15H16Cl2N4O6. The molecule has 1 aromatic carbocycles. The predicted octanol–water partition coefficient (Wildman–Crippen LogP) is 0.902. The highest BCUT2D eigenvalue weighted by Crippen LogP contribution is 2.24. The first kappa shape index (κ1) is 22.2. The van der Waals surface area contributed by atoms with E-state index in [1.54, 1.807) is 18.2 Å². The molecule has 0 aliphatic carbocycles. The van der Waals surface area contributed by atoms with Crippen LogP contribution in [-0.2, 0) is 25.5 Å². The third-order valence-electron chi connectivity index (χ3n) is 2.95. The highest BCUT2D eigenvalue weighted by Gasteiger charge is 2.21. The second-order valence-corrected chi connectivity index (χ2v) is 5.93. The van der Waals surface area contributed by atoms with Gasteiger partial charge in [-0.25, -0.2) is 9.59 Å². The molecule has 5 N–H and O–H groups in total. The van der Waals surface area contributed by atoms with Gasteiger partial charge in [0.05, 0.1) is 6.42 Å². The van der Waals surface area contributed by atoms with Crippen LogP contribution in [0, 0.1) is 5.41 Å². The third kappa shape index (κ3) is 7.92. The molecule has 3 amide bonds. The SMILES string of the molecule is CC(=O)N[C@@H](COC(=O)NC(=N)NC(=O)Cc1c(Cl)cccc1Cl)C(=O)O. The molecule has 0 bridgehead atoms. The van der Waals surface area contributed by atoms with Gasteiger partial charge in [0.1, 0.15) is 6.61 Å². The van der Waals surface area contributed by atoms with Crippen LogP contribution in [0.5, 0.6) is 0 Å². The van der Waals surface area contributed by atoms with E-state index < -0.39 is 42.5 Å². The topological polar surface area (TPSA) is 158 Å². The zero-order valence-electron chi connectivity index (χ0n) is 14.0. The molecule has 1 rings (SSSR count). The maximum atomic E-state index is 11.9. The van der Waals surface area contributed by atoms with E-state index >= 15 is 0 Å². The maximum absolute atomic E-state index is 11.9. The zero-order valence-corrected chi connectivity index (χ0v) is 15.5. The molecule has 1 aromatic rings. The summed E-state index contributed by atoms with van der Waals surface area (Å²) < 4.78 is 4.60. The number of carbonyl (C=O) groups excluding carboxylic acids is 3. The van der Waals surface area contributed by atoms with Crippen LogP contribution in [0.3, 0.4) is 0 Å². The van der Waals surface area contributed by atoms with Crippen molar-refractivity contribution >= 4 is 53.0 Å². The van der Waals surface area contributed by atoms with E-state index in [2.05, 4.69) is 15.4 Å². The Hall–Kier alpha value is -2.85. The van der Waals surface area contributed by atoms with Crippen molar-refractivity contribution < 1.29 is 29.0 Å². The van der Waals surface area contributed by atoms with Gasteiger partial charge in [0.25, 0.3) is 0 Å². The van der Waals surface area contributed by atoms with Crippen molar-refractivity contribution in [2.75, 3.05) is 6.61 Å². The molecule has 10 nitrogen and oxygen atoms in total. The van der Waals surface area contributed by atoms with E-state index in [9.17, 15) is 19.2 Å². The molecule has 0 saturated carbocycles. The molecule has 146 valence electrons. The average molecular weight is 419 g/mol. The summed E-state index contributed by atoms with van der Waals surface area (Å²) >= 11 is 11.9. The van der Waals surface area contributed by atoms with Gasteiger partial charge in [-0.1, -0.05) is 29.3 Å². The first-order chi connectivity index (χ1) is 12.6. The number of amides is 3.